The van der Waals surface area contributed by atoms with Crippen LogP contribution in [-0.2, 0) is 10.0 Å². The maximum Gasteiger partial charge on any atom is 0.261 e. The van der Waals surface area contributed by atoms with Crippen molar-refractivity contribution in [2.45, 2.75) is 4.90 Å². The highest BCUT2D eigenvalue weighted by Crippen LogP contribution is 2.28. The summed E-state index contributed by atoms with van der Waals surface area (Å²) < 4.78 is 33.0. The maximum absolute atomic E-state index is 12.7. The van der Waals surface area contributed by atoms with Gasteiger partial charge in [0.15, 0.2) is 0 Å². The van der Waals surface area contributed by atoms with Gasteiger partial charge in [-0.15, -0.1) is 0 Å². The molecule has 0 atom stereocenters. The van der Waals surface area contributed by atoms with Gasteiger partial charge in [0.1, 0.15) is 5.75 Å². The van der Waals surface area contributed by atoms with Crippen LogP contribution >= 0.6 is 0 Å². The summed E-state index contributed by atoms with van der Waals surface area (Å²) in [7, 11) is -2.28. The number of ether oxygens (including phenoxy) is 1. The van der Waals surface area contributed by atoms with E-state index in [2.05, 4.69) is 15.8 Å². The zero-order chi connectivity index (χ0) is 18.6. The molecule has 0 aliphatic rings. The number of anilines is 1. The minimum absolute atomic E-state index is 0.110. The third-order valence-corrected chi connectivity index (χ3v) is 5.07. The van der Waals surface area contributed by atoms with Crippen LogP contribution < -0.4 is 9.46 Å². The van der Waals surface area contributed by atoms with E-state index in [0.717, 1.165) is 0 Å². The molecule has 26 heavy (non-hydrogen) atoms. The van der Waals surface area contributed by atoms with Crippen LogP contribution in [0.1, 0.15) is 5.56 Å². The van der Waals surface area contributed by atoms with Crippen LogP contribution in [0.25, 0.3) is 11.3 Å². The SMILES string of the molecule is COc1ccc(S(=O)(=O)Nc2cccnc2-c2cccc(C#N)c2)cc1. The molecule has 0 aliphatic carbocycles. The second-order valence-corrected chi connectivity index (χ2v) is 7.06. The van der Waals surface area contributed by atoms with E-state index in [-0.39, 0.29) is 4.90 Å². The summed E-state index contributed by atoms with van der Waals surface area (Å²) in [6.07, 6.45) is 1.57. The molecule has 1 heterocycles. The number of pyridine rings is 1. The quantitative estimate of drug-likeness (QED) is 0.748. The molecular formula is C19H15N3O3S. The van der Waals surface area contributed by atoms with Crippen LogP contribution in [-0.4, -0.2) is 20.5 Å². The van der Waals surface area contributed by atoms with Gasteiger partial charge in [-0.2, -0.15) is 5.26 Å². The minimum Gasteiger partial charge on any atom is -0.497 e. The van der Waals surface area contributed by atoms with Crippen molar-refractivity contribution in [3.05, 3.63) is 72.4 Å². The number of hydrogen-bond acceptors (Lipinski definition) is 5. The van der Waals surface area contributed by atoms with Crippen LogP contribution in [0.4, 0.5) is 5.69 Å². The number of methoxy groups -OCH3 is 1. The Kier molecular flexibility index (Phi) is 4.87. The van der Waals surface area contributed by atoms with Crippen molar-refractivity contribution >= 4 is 15.7 Å². The molecule has 0 unspecified atom stereocenters. The molecule has 7 heteroatoms. The number of nitriles is 1. The zero-order valence-corrected chi connectivity index (χ0v) is 14.7. The van der Waals surface area contributed by atoms with Gasteiger partial charge in [0.2, 0.25) is 0 Å². The Morgan fingerprint density at radius 2 is 1.85 bits per heavy atom. The molecule has 0 spiro atoms. The fourth-order valence-electron chi connectivity index (χ4n) is 2.41. The van der Waals surface area contributed by atoms with Crippen molar-refractivity contribution in [2.75, 3.05) is 11.8 Å². The van der Waals surface area contributed by atoms with Gasteiger partial charge in [0.05, 0.1) is 35.0 Å². The molecule has 0 radical (unpaired) electrons. The molecular weight excluding hydrogens is 350 g/mol. The van der Waals surface area contributed by atoms with Crippen molar-refractivity contribution in [2.24, 2.45) is 0 Å². The predicted octanol–water partition coefficient (Wildman–Crippen LogP) is 3.43. The van der Waals surface area contributed by atoms with Gasteiger partial charge in [-0.3, -0.25) is 9.71 Å². The smallest absolute Gasteiger partial charge is 0.261 e. The Morgan fingerprint density at radius 3 is 2.54 bits per heavy atom. The van der Waals surface area contributed by atoms with E-state index in [1.165, 1.54) is 19.2 Å². The molecule has 3 rings (SSSR count). The lowest BCUT2D eigenvalue weighted by Gasteiger charge is -2.12. The minimum atomic E-state index is -3.80. The Labute approximate surface area is 151 Å². The number of aromatic nitrogens is 1. The number of rotatable bonds is 5. The van der Waals surface area contributed by atoms with Gasteiger partial charge in [0.25, 0.3) is 10.0 Å². The fraction of sp³-hybridized carbons (Fsp3) is 0.0526. The first kappa shape index (κ1) is 17.5. The molecule has 0 amide bonds. The molecule has 0 saturated heterocycles. The average Bonchev–Trinajstić information content (AvgIpc) is 2.68. The number of benzene rings is 2. The molecule has 0 bridgehead atoms. The fourth-order valence-corrected chi connectivity index (χ4v) is 3.48. The number of hydrogen-bond donors (Lipinski definition) is 1. The topological polar surface area (TPSA) is 92.1 Å². The number of nitrogens with zero attached hydrogens (tertiary/aromatic N) is 2. The Morgan fingerprint density at radius 1 is 1.08 bits per heavy atom. The second kappa shape index (κ2) is 7.25. The first-order chi connectivity index (χ1) is 12.5. The zero-order valence-electron chi connectivity index (χ0n) is 13.9. The molecule has 130 valence electrons. The number of nitrogens with one attached hydrogen (secondary N) is 1. The Bertz CT molecular complexity index is 1070. The summed E-state index contributed by atoms with van der Waals surface area (Å²) in [6.45, 7) is 0. The van der Waals surface area contributed by atoms with Crippen molar-refractivity contribution in [3.63, 3.8) is 0 Å². The molecule has 3 aromatic rings. The normalized spacial score (nSPS) is 10.8. The van der Waals surface area contributed by atoms with E-state index >= 15 is 0 Å². The lowest BCUT2D eigenvalue weighted by Crippen LogP contribution is -2.14. The standard InChI is InChI=1S/C19H15N3O3S/c1-25-16-7-9-17(10-8-16)26(23,24)22-18-6-3-11-21-19(18)15-5-2-4-14(12-15)13-20/h2-12,22H,1H3. The monoisotopic (exact) mass is 365 g/mol. The third-order valence-electron chi connectivity index (χ3n) is 3.69. The van der Waals surface area contributed by atoms with Crippen molar-refractivity contribution in [3.8, 4) is 23.1 Å². The van der Waals surface area contributed by atoms with E-state index < -0.39 is 10.0 Å². The van der Waals surface area contributed by atoms with Crippen LogP contribution in [0, 0.1) is 11.3 Å². The summed E-state index contributed by atoms with van der Waals surface area (Å²) in [4.78, 5) is 4.38. The maximum atomic E-state index is 12.7. The summed E-state index contributed by atoms with van der Waals surface area (Å²) >= 11 is 0. The predicted molar refractivity (Wildman–Crippen MR) is 98.2 cm³/mol. The van der Waals surface area contributed by atoms with E-state index in [9.17, 15) is 8.42 Å². The second-order valence-electron chi connectivity index (χ2n) is 5.37. The molecule has 0 saturated carbocycles. The molecule has 2 aromatic carbocycles. The Balaban J connectivity index is 1.98. The van der Waals surface area contributed by atoms with Crippen LogP contribution in [0.2, 0.25) is 0 Å². The lowest BCUT2D eigenvalue weighted by molar-refractivity contribution is 0.414. The summed E-state index contributed by atoms with van der Waals surface area (Å²) in [5, 5.41) is 9.06. The van der Waals surface area contributed by atoms with Gasteiger partial charge in [-0.1, -0.05) is 12.1 Å². The highest BCUT2D eigenvalue weighted by molar-refractivity contribution is 7.92. The highest BCUT2D eigenvalue weighted by Gasteiger charge is 2.17. The first-order valence-corrected chi connectivity index (χ1v) is 9.14. The molecule has 1 N–H and O–H groups in total. The molecule has 6 nitrogen and oxygen atoms in total. The van der Waals surface area contributed by atoms with E-state index in [1.807, 2.05) is 0 Å². The van der Waals surface area contributed by atoms with Gasteiger partial charge in [0, 0.05) is 11.8 Å². The van der Waals surface area contributed by atoms with Gasteiger partial charge >= 0.3 is 0 Å². The molecule has 1 aromatic heterocycles. The lowest BCUT2D eigenvalue weighted by atomic mass is 10.1. The van der Waals surface area contributed by atoms with E-state index in [0.29, 0.717) is 28.3 Å². The van der Waals surface area contributed by atoms with Crippen molar-refractivity contribution < 1.29 is 13.2 Å². The third kappa shape index (κ3) is 3.66. The molecule has 0 fully saturated rings. The summed E-state index contributed by atoms with van der Waals surface area (Å²) in [5.41, 5.74) is 1.90. The van der Waals surface area contributed by atoms with Crippen LogP contribution in [0.15, 0.2) is 71.8 Å². The van der Waals surface area contributed by atoms with Gasteiger partial charge in [-0.05, 0) is 48.5 Å². The summed E-state index contributed by atoms with van der Waals surface area (Å²) in [5.74, 6) is 0.569. The Hall–Kier alpha value is -3.37. The van der Waals surface area contributed by atoms with Crippen LogP contribution in [0.3, 0.4) is 0 Å². The molecule has 0 aliphatic heterocycles. The van der Waals surface area contributed by atoms with Gasteiger partial charge in [-0.25, -0.2) is 8.42 Å². The van der Waals surface area contributed by atoms with Crippen molar-refractivity contribution in [1.29, 1.82) is 5.26 Å². The first-order valence-electron chi connectivity index (χ1n) is 7.66. The number of sulfonamides is 1. The van der Waals surface area contributed by atoms with Crippen LogP contribution in [0.5, 0.6) is 5.75 Å². The summed E-state index contributed by atoms with van der Waals surface area (Å²) in [6, 6.07) is 18.3. The van der Waals surface area contributed by atoms with Gasteiger partial charge < -0.3 is 4.74 Å². The van der Waals surface area contributed by atoms with E-state index in [1.54, 1.807) is 54.7 Å². The van der Waals surface area contributed by atoms with Crippen molar-refractivity contribution in [1.82, 2.24) is 4.98 Å². The average molecular weight is 365 g/mol. The largest absolute Gasteiger partial charge is 0.497 e. The highest BCUT2D eigenvalue weighted by atomic mass is 32.2. The van der Waals surface area contributed by atoms with E-state index in [4.69, 9.17) is 10.00 Å².